The molecular formula is C42H44ClN9O6. The van der Waals surface area contributed by atoms with E-state index in [1.807, 2.05) is 6.07 Å². The van der Waals surface area contributed by atoms with Crippen LogP contribution in [0, 0.1) is 23.2 Å². The fraction of sp³-hybridized carbons (Fsp3) is 0.476. The van der Waals surface area contributed by atoms with Gasteiger partial charge in [-0.3, -0.25) is 39.1 Å². The van der Waals surface area contributed by atoms with E-state index in [-0.39, 0.29) is 30.9 Å². The molecule has 5 aliphatic heterocycles. The number of nitrogens with one attached hydrogen (secondary N) is 2. The SMILES string of the molecule is N#Cc1ccc(OC2CCC(NC(=O)c3cnc(N4CCC(N5CC6CN(c7ccc8c(c7)C(=O)N(C7CCC(=O)NC7=O)C8=O)CC6C5)CC4)nc3)CC2)cc1Cl. The van der Waals surface area contributed by atoms with Crippen LogP contribution >= 0.6 is 11.6 Å². The second-order valence-corrected chi connectivity index (χ2v) is 16.8. The van der Waals surface area contributed by atoms with Crippen molar-refractivity contribution in [2.45, 2.75) is 75.6 Å². The van der Waals surface area contributed by atoms with Crippen molar-refractivity contribution in [2.75, 3.05) is 49.1 Å². The molecule has 9 rings (SSSR count). The summed E-state index contributed by atoms with van der Waals surface area (Å²) in [5.41, 5.74) is 2.38. The maximum absolute atomic E-state index is 13.4. The summed E-state index contributed by atoms with van der Waals surface area (Å²) in [6.45, 7) is 5.45. The summed E-state index contributed by atoms with van der Waals surface area (Å²) in [5.74, 6) is 0.139. The Morgan fingerprint density at radius 1 is 0.845 bits per heavy atom. The highest BCUT2D eigenvalue weighted by atomic mass is 35.5. The summed E-state index contributed by atoms with van der Waals surface area (Å²) in [6.07, 6.45) is 8.66. The number of imide groups is 2. The van der Waals surface area contributed by atoms with Gasteiger partial charge in [0.25, 0.3) is 17.7 Å². The largest absolute Gasteiger partial charge is 0.490 e. The number of amides is 5. The second-order valence-electron chi connectivity index (χ2n) is 16.4. The van der Waals surface area contributed by atoms with Crippen molar-refractivity contribution in [3.63, 3.8) is 0 Å². The second kappa shape index (κ2) is 15.6. The summed E-state index contributed by atoms with van der Waals surface area (Å²) in [4.78, 5) is 81.0. The lowest BCUT2D eigenvalue weighted by molar-refractivity contribution is -0.136. The summed E-state index contributed by atoms with van der Waals surface area (Å²) >= 11 is 6.15. The molecule has 3 atom stereocenters. The topological polar surface area (TPSA) is 181 Å². The Hall–Kier alpha value is -5.59. The van der Waals surface area contributed by atoms with Gasteiger partial charge < -0.3 is 19.9 Å². The zero-order valence-corrected chi connectivity index (χ0v) is 32.7. The first-order valence-corrected chi connectivity index (χ1v) is 20.6. The van der Waals surface area contributed by atoms with Gasteiger partial charge in [-0.1, -0.05) is 11.6 Å². The number of ether oxygens (including phenoxy) is 1. The van der Waals surface area contributed by atoms with Gasteiger partial charge in [0.05, 0.1) is 33.4 Å². The number of rotatable bonds is 8. The van der Waals surface area contributed by atoms with Crippen molar-refractivity contribution < 1.29 is 28.7 Å². The molecule has 1 saturated carbocycles. The normalized spacial score (nSPS) is 26.3. The van der Waals surface area contributed by atoms with Gasteiger partial charge in [-0.15, -0.1) is 0 Å². The molecule has 3 unspecified atom stereocenters. The van der Waals surface area contributed by atoms with E-state index in [4.69, 9.17) is 21.6 Å². The van der Waals surface area contributed by atoms with Gasteiger partial charge >= 0.3 is 0 Å². The molecule has 4 saturated heterocycles. The first-order valence-electron chi connectivity index (χ1n) is 20.2. The van der Waals surface area contributed by atoms with Crippen LogP contribution in [0.5, 0.6) is 5.75 Å². The lowest BCUT2D eigenvalue weighted by Gasteiger charge is -2.37. The van der Waals surface area contributed by atoms with E-state index >= 15 is 0 Å². The molecule has 6 aliphatic rings. The molecule has 0 radical (unpaired) electrons. The van der Waals surface area contributed by atoms with Crippen LogP contribution in [0.1, 0.15) is 88.0 Å². The summed E-state index contributed by atoms with van der Waals surface area (Å²) in [5, 5.41) is 14.9. The van der Waals surface area contributed by atoms with E-state index < -0.39 is 29.7 Å². The van der Waals surface area contributed by atoms with Crippen LogP contribution in [-0.4, -0.2) is 113 Å². The van der Waals surface area contributed by atoms with Crippen molar-refractivity contribution >= 4 is 52.8 Å². The quantitative estimate of drug-likeness (QED) is 0.317. The Kier molecular flexibility index (Phi) is 10.2. The molecule has 58 heavy (non-hydrogen) atoms. The highest BCUT2D eigenvalue weighted by Gasteiger charge is 2.46. The molecule has 0 bridgehead atoms. The minimum atomic E-state index is -0.974. The Morgan fingerprint density at radius 2 is 1.55 bits per heavy atom. The minimum Gasteiger partial charge on any atom is -0.490 e. The molecule has 1 aromatic heterocycles. The number of anilines is 2. The molecule has 16 heteroatoms. The van der Waals surface area contributed by atoms with Gasteiger partial charge in [0.1, 0.15) is 17.9 Å². The number of carbonyl (C=O) groups is 5. The lowest BCUT2D eigenvalue weighted by atomic mass is 9.92. The van der Waals surface area contributed by atoms with Crippen LogP contribution in [0.15, 0.2) is 48.8 Å². The van der Waals surface area contributed by atoms with Crippen molar-refractivity contribution in [1.29, 1.82) is 5.26 Å². The first kappa shape index (κ1) is 38.0. The molecule has 5 fully saturated rings. The average molecular weight is 806 g/mol. The predicted molar refractivity (Wildman–Crippen MR) is 211 cm³/mol. The molecule has 300 valence electrons. The number of nitriles is 1. The number of halogens is 1. The van der Waals surface area contributed by atoms with E-state index in [0.717, 1.165) is 88.4 Å². The zero-order chi connectivity index (χ0) is 40.1. The van der Waals surface area contributed by atoms with Gasteiger partial charge in [0.15, 0.2) is 0 Å². The van der Waals surface area contributed by atoms with E-state index in [9.17, 15) is 24.0 Å². The molecule has 5 amide bonds. The minimum absolute atomic E-state index is 0.0218. The Bertz CT molecular complexity index is 2180. The number of benzene rings is 2. The van der Waals surface area contributed by atoms with Crippen LogP contribution in [0.25, 0.3) is 0 Å². The molecule has 6 heterocycles. The maximum Gasteiger partial charge on any atom is 0.262 e. The lowest BCUT2D eigenvalue weighted by Crippen LogP contribution is -2.54. The Morgan fingerprint density at radius 3 is 2.22 bits per heavy atom. The van der Waals surface area contributed by atoms with Crippen LogP contribution in [-0.2, 0) is 9.59 Å². The summed E-state index contributed by atoms with van der Waals surface area (Å²) in [6, 6.07) is 12.1. The number of likely N-dealkylation sites (tertiary alicyclic amines) is 1. The number of nitrogens with zero attached hydrogens (tertiary/aromatic N) is 7. The fourth-order valence-corrected chi connectivity index (χ4v) is 9.89. The fourth-order valence-electron chi connectivity index (χ4n) is 9.67. The van der Waals surface area contributed by atoms with E-state index in [1.54, 1.807) is 42.7 Å². The third-order valence-corrected chi connectivity index (χ3v) is 13.2. The molecular weight excluding hydrogens is 762 g/mol. The van der Waals surface area contributed by atoms with Crippen LogP contribution in [0.3, 0.4) is 0 Å². The van der Waals surface area contributed by atoms with Gasteiger partial charge in [-0.2, -0.15) is 5.26 Å². The highest BCUT2D eigenvalue weighted by molar-refractivity contribution is 6.31. The summed E-state index contributed by atoms with van der Waals surface area (Å²) < 4.78 is 6.09. The van der Waals surface area contributed by atoms with Gasteiger partial charge in [0, 0.05) is 81.9 Å². The number of hydrogen-bond acceptors (Lipinski definition) is 12. The van der Waals surface area contributed by atoms with Crippen LogP contribution in [0.4, 0.5) is 11.6 Å². The number of fused-ring (bicyclic) bond motifs is 2. The van der Waals surface area contributed by atoms with E-state index in [2.05, 4.69) is 41.4 Å². The monoisotopic (exact) mass is 805 g/mol. The third kappa shape index (κ3) is 7.35. The predicted octanol–water partition coefficient (Wildman–Crippen LogP) is 3.56. The van der Waals surface area contributed by atoms with Crippen LogP contribution in [0.2, 0.25) is 5.02 Å². The van der Waals surface area contributed by atoms with Crippen molar-refractivity contribution in [3.05, 3.63) is 76.1 Å². The van der Waals surface area contributed by atoms with Crippen molar-refractivity contribution in [3.8, 4) is 11.8 Å². The van der Waals surface area contributed by atoms with Gasteiger partial charge in [-0.25, -0.2) is 9.97 Å². The molecule has 2 aromatic carbocycles. The van der Waals surface area contributed by atoms with E-state index in [0.29, 0.717) is 56.9 Å². The highest BCUT2D eigenvalue weighted by Crippen LogP contribution is 2.38. The number of aromatic nitrogens is 2. The average Bonchev–Trinajstić information content (AvgIpc) is 3.89. The Labute approximate surface area is 340 Å². The Balaban J connectivity index is 0.717. The molecule has 0 spiro atoms. The summed E-state index contributed by atoms with van der Waals surface area (Å²) in [7, 11) is 0. The van der Waals surface area contributed by atoms with E-state index in [1.165, 1.54) is 0 Å². The number of carbonyl (C=O) groups excluding carboxylic acids is 5. The standard InChI is InChI=1S/C42H44ClN9O6/c43-35-16-32(5-1-24(35)17-44)58-31-6-2-28(3-7-31)47-38(54)25-18-45-42(46-19-25)49-13-11-29(12-14-49)50-20-26-22-51(23-27(26)21-50)30-4-8-33-34(15-30)41(57)52(40(33)56)36-9-10-37(53)48-39(36)55/h1,4-5,8,15-16,18-19,26-29,31,36H,2-3,6-7,9-14,20-23H2,(H,47,54)(H,48,53,55). The number of hydrogen-bond donors (Lipinski definition) is 2. The number of piperidine rings is 2. The van der Waals surface area contributed by atoms with Crippen LogP contribution < -0.4 is 25.2 Å². The smallest absolute Gasteiger partial charge is 0.262 e. The molecule has 3 aromatic rings. The molecule has 1 aliphatic carbocycles. The molecule has 15 nitrogen and oxygen atoms in total. The first-order chi connectivity index (χ1) is 28.1. The van der Waals surface area contributed by atoms with Gasteiger partial charge in [-0.05, 0) is 87.1 Å². The van der Waals surface area contributed by atoms with Crippen molar-refractivity contribution in [2.24, 2.45) is 11.8 Å². The molecule has 2 N–H and O–H groups in total. The zero-order valence-electron chi connectivity index (χ0n) is 31.9. The maximum atomic E-state index is 13.4. The third-order valence-electron chi connectivity index (χ3n) is 12.8. The van der Waals surface area contributed by atoms with Gasteiger partial charge in [0.2, 0.25) is 17.8 Å². The van der Waals surface area contributed by atoms with Crippen molar-refractivity contribution in [1.82, 2.24) is 30.4 Å².